The van der Waals surface area contributed by atoms with E-state index in [2.05, 4.69) is 10.6 Å². The molecule has 0 bridgehead atoms. The Bertz CT molecular complexity index is 732. The highest BCUT2D eigenvalue weighted by molar-refractivity contribution is 5.91. The first-order valence-corrected chi connectivity index (χ1v) is 7.46. The van der Waals surface area contributed by atoms with Crippen LogP contribution in [0.5, 0.6) is 11.5 Å². The minimum Gasteiger partial charge on any atom is -0.454 e. The molecule has 0 saturated heterocycles. The van der Waals surface area contributed by atoms with Gasteiger partial charge in [0.1, 0.15) is 17.3 Å². The first-order chi connectivity index (χ1) is 11.6. The zero-order chi connectivity index (χ0) is 16.9. The van der Waals surface area contributed by atoms with Crippen molar-refractivity contribution in [3.05, 3.63) is 53.6 Å². The molecule has 126 valence electrons. The normalized spacial score (nSPS) is 12.2. The van der Waals surface area contributed by atoms with Crippen molar-refractivity contribution in [3.63, 3.8) is 0 Å². The van der Waals surface area contributed by atoms with Gasteiger partial charge in [-0.1, -0.05) is 12.1 Å². The number of ether oxygens (including phenoxy) is 2. The molecule has 1 aliphatic heterocycles. The van der Waals surface area contributed by atoms with Crippen molar-refractivity contribution in [2.75, 3.05) is 18.7 Å². The molecular formula is C17H16F2N2O3. The van der Waals surface area contributed by atoms with Gasteiger partial charge in [0.2, 0.25) is 12.7 Å². The fourth-order valence-electron chi connectivity index (χ4n) is 2.30. The molecule has 3 rings (SSSR count). The number of carbonyl (C=O) groups is 1. The molecule has 2 aromatic carbocycles. The Morgan fingerprint density at radius 2 is 1.83 bits per heavy atom. The summed E-state index contributed by atoms with van der Waals surface area (Å²) < 4.78 is 37.4. The summed E-state index contributed by atoms with van der Waals surface area (Å²) in [6.07, 6.45) is 0.0956. The molecule has 24 heavy (non-hydrogen) atoms. The zero-order valence-electron chi connectivity index (χ0n) is 12.8. The third kappa shape index (κ3) is 3.80. The summed E-state index contributed by atoms with van der Waals surface area (Å²) >= 11 is 0. The number of fused-ring (bicyclic) bond motifs is 1. The Morgan fingerprint density at radius 1 is 1.08 bits per heavy atom. The number of amides is 1. The molecule has 0 fully saturated rings. The molecule has 0 radical (unpaired) electrons. The van der Waals surface area contributed by atoms with Crippen molar-refractivity contribution in [3.8, 4) is 11.5 Å². The van der Waals surface area contributed by atoms with Crippen LogP contribution in [0.3, 0.4) is 0 Å². The van der Waals surface area contributed by atoms with E-state index in [4.69, 9.17) is 9.47 Å². The summed E-state index contributed by atoms with van der Waals surface area (Å²) in [5.41, 5.74) is 0.568. The van der Waals surface area contributed by atoms with Crippen molar-refractivity contribution in [2.24, 2.45) is 0 Å². The lowest BCUT2D eigenvalue weighted by Crippen LogP contribution is -2.22. The molecule has 0 spiro atoms. The Hall–Kier alpha value is -2.67. The van der Waals surface area contributed by atoms with Gasteiger partial charge >= 0.3 is 0 Å². The second kappa shape index (κ2) is 7.27. The maximum Gasteiger partial charge on any atom is 0.231 e. The largest absolute Gasteiger partial charge is 0.454 e. The van der Waals surface area contributed by atoms with Crippen LogP contribution in [-0.2, 0) is 11.3 Å². The van der Waals surface area contributed by atoms with Crippen molar-refractivity contribution >= 4 is 11.6 Å². The lowest BCUT2D eigenvalue weighted by Gasteiger charge is -2.08. The smallest absolute Gasteiger partial charge is 0.231 e. The molecule has 0 unspecified atom stereocenters. The van der Waals surface area contributed by atoms with Crippen LogP contribution < -0.4 is 20.1 Å². The highest BCUT2D eigenvalue weighted by Crippen LogP contribution is 2.32. The van der Waals surface area contributed by atoms with Gasteiger partial charge in [-0.15, -0.1) is 0 Å². The number of halogens is 2. The molecule has 0 aliphatic carbocycles. The standard InChI is InChI=1S/C17H16F2N2O3/c18-12-2-1-3-13(19)17(12)21-16(22)6-7-20-9-11-4-5-14-15(8-11)24-10-23-14/h1-5,8,20H,6-7,9-10H2,(H,21,22). The van der Waals surface area contributed by atoms with Crippen molar-refractivity contribution < 1.29 is 23.0 Å². The van der Waals surface area contributed by atoms with E-state index < -0.39 is 23.2 Å². The molecule has 1 amide bonds. The van der Waals surface area contributed by atoms with Gasteiger partial charge in [-0.05, 0) is 29.8 Å². The Kier molecular flexibility index (Phi) is 4.90. The molecule has 2 aromatic rings. The number of carbonyl (C=O) groups excluding carboxylic acids is 1. The number of hydrogen-bond acceptors (Lipinski definition) is 4. The van der Waals surface area contributed by atoms with Crippen LogP contribution in [0.25, 0.3) is 0 Å². The van der Waals surface area contributed by atoms with Gasteiger partial charge < -0.3 is 20.1 Å². The van der Waals surface area contributed by atoms with E-state index >= 15 is 0 Å². The first kappa shape index (κ1) is 16.2. The van der Waals surface area contributed by atoms with E-state index in [1.165, 1.54) is 6.07 Å². The minimum absolute atomic E-state index is 0.0956. The Morgan fingerprint density at radius 3 is 2.62 bits per heavy atom. The van der Waals surface area contributed by atoms with E-state index in [1.807, 2.05) is 18.2 Å². The molecule has 1 aliphatic rings. The quantitative estimate of drug-likeness (QED) is 0.798. The first-order valence-electron chi connectivity index (χ1n) is 7.46. The van der Waals surface area contributed by atoms with E-state index in [0.29, 0.717) is 24.6 Å². The molecule has 2 N–H and O–H groups in total. The van der Waals surface area contributed by atoms with E-state index in [-0.39, 0.29) is 13.2 Å². The summed E-state index contributed by atoms with van der Waals surface area (Å²) in [7, 11) is 0. The van der Waals surface area contributed by atoms with Gasteiger partial charge in [0, 0.05) is 19.5 Å². The molecule has 5 nitrogen and oxygen atoms in total. The van der Waals surface area contributed by atoms with Crippen LogP contribution >= 0.6 is 0 Å². The number of rotatable bonds is 6. The summed E-state index contributed by atoms with van der Waals surface area (Å²) in [6.45, 7) is 1.13. The summed E-state index contributed by atoms with van der Waals surface area (Å²) in [4.78, 5) is 11.8. The Balaban J connectivity index is 1.44. The predicted octanol–water partition coefficient (Wildman–Crippen LogP) is 2.81. The fraction of sp³-hybridized carbons (Fsp3) is 0.235. The number of anilines is 1. The molecule has 0 atom stereocenters. The fourth-order valence-corrected chi connectivity index (χ4v) is 2.30. The third-order valence-electron chi connectivity index (χ3n) is 3.52. The lowest BCUT2D eigenvalue weighted by molar-refractivity contribution is -0.116. The van der Waals surface area contributed by atoms with Crippen molar-refractivity contribution in [1.29, 1.82) is 0 Å². The molecule has 7 heteroatoms. The van der Waals surface area contributed by atoms with Crippen LogP contribution in [0.4, 0.5) is 14.5 Å². The number of benzene rings is 2. The van der Waals surface area contributed by atoms with Gasteiger partial charge in [-0.2, -0.15) is 0 Å². The maximum absolute atomic E-state index is 13.4. The van der Waals surface area contributed by atoms with Gasteiger partial charge in [0.25, 0.3) is 0 Å². The average Bonchev–Trinajstić information content (AvgIpc) is 3.03. The van der Waals surface area contributed by atoms with Crippen LogP contribution in [0.2, 0.25) is 0 Å². The van der Waals surface area contributed by atoms with E-state index in [0.717, 1.165) is 17.7 Å². The highest BCUT2D eigenvalue weighted by atomic mass is 19.1. The van der Waals surface area contributed by atoms with Gasteiger partial charge in [-0.25, -0.2) is 8.78 Å². The summed E-state index contributed by atoms with van der Waals surface area (Å²) in [6, 6.07) is 9.02. The van der Waals surface area contributed by atoms with E-state index in [9.17, 15) is 13.6 Å². The molecule has 1 heterocycles. The van der Waals surface area contributed by atoms with E-state index in [1.54, 1.807) is 0 Å². The maximum atomic E-state index is 13.4. The lowest BCUT2D eigenvalue weighted by atomic mass is 10.2. The molecule has 0 aromatic heterocycles. The van der Waals surface area contributed by atoms with Crippen LogP contribution in [0, 0.1) is 11.6 Å². The average molecular weight is 334 g/mol. The third-order valence-corrected chi connectivity index (χ3v) is 3.52. The predicted molar refractivity (Wildman–Crippen MR) is 83.9 cm³/mol. The van der Waals surface area contributed by atoms with Crippen molar-refractivity contribution in [2.45, 2.75) is 13.0 Å². The topological polar surface area (TPSA) is 59.6 Å². The molecular weight excluding hydrogens is 318 g/mol. The minimum atomic E-state index is -0.795. The Labute approximate surface area is 137 Å². The highest BCUT2D eigenvalue weighted by Gasteiger charge is 2.13. The zero-order valence-corrected chi connectivity index (χ0v) is 12.8. The van der Waals surface area contributed by atoms with Crippen molar-refractivity contribution in [1.82, 2.24) is 5.32 Å². The second-order valence-electron chi connectivity index (χ2n) is 5.26. The number of hydrogen-bond donors (Lipinski definition) is 2. The van der Waals surface area contributed by atoms with Crippen LogP contribution in [0.15, 0.2) is 36.4 Å². The van der Waals surface area contributed by atoms with Crippen LogP contribution in [-0.4, -0.2) is 19.2 Å². The molecule has 0 saturated carbocycles. The van der Waals surface area contributed by atoms with Crippen LogP contribution in [0.1, 0.15) is 12.0 Å². The monoisotopic (exact) mass is 334 g/mol. The SMILES string of the molecule is O=C(CCNCc1ccc2c(c1)OCO2)Nc1c(F)cccc1F. The summed E-state index contributed by atoms with van der Waals surface area (Å²) in [5, 5.41) is 5.34. The second-order valence-corrected chi connectivity index (χ2v) is 5.26. The number of nitrogens with one attached hydrogen (secondary N) is 2. The van der Waals surface area contributed by atoms with Gasteiger partial charge in [0.05, 0.1) is 0 Å². The van der Waals surface area contributed by atoms with Gasteiger partial charge in [0.15, 0.2) is 11.5 Å². The number of para-hydroxylation sites is 1. The summed E-state index contributed by atoms with van der Waals surface area (Å²) in [5.74, 6) is -0.641. The van der Waals surface area contributed by atoms with Gasteiger partial charge in [-0.3, -0.25) is 4.79 Å².